The number of carbonyl (C=O) groups excluding carboxylic acids is 1. The van der Waals surface area contributed by atoms with Crippen LogP contribution in [0.1, 0.15) is 50.2 Å². The zero-order chi connectivity index (χ0) is 17.8. The predicted octanol–water partition coefficient (Wildman–Crippen LogP) is 4.42. The van der Waals surface area contributed by atoms with E-state index in [9.17, 15) is 4.79 Å². The molecule has 134 valence electrons. The number of imidazole rings is 1. The van der Waals surface area contributed by atoms with Crippen molar-refractivity contribution in [1.82, 2.24) is 14.9 Å². The van der Waals surface area contributed by atoms with Crippen LogP contribution in [0.25, 0.3) is 5.69 Å². The summed E-state index contributed by atoms with van der Waals surface area (Å²) in [6.45, 7) is 6.16. The minimum atomic E-state index is -0.158. The molecular weight excluding hydrogens is 330 g/mol. The number of rotatable bonds is 5. The third-order valence-corrected chi connectivity index (χ3v) is 5.77. The molecule has 0 aliphatic heterocycles. The van der Waals surface area contributed by atoms with Gasteiger partial charge in [-0.15, -0.1) is 0 Å². The normalized spacial score (nSPS) is 16.6. The zero-order valence-electron chi connectivity index (χ0n) is 15.3. The van der Waals surface area contributed by atoms with Crippen LogP contribution in [0.2, 0.25) is 0 Å². The maximum absolute atomic E-state index is 12.5. The van der Waals surface area contributed by atoms with Crippen LogP contribution in [-0.2, 0) is 4.79 Å². The molecular formula is C20H27N3OS. The molecule has 3 rings (SSSR count). The second-order valence-electron chi connectivity index (χ2n) is 7.03. The molecule has 1 heterocycles. The average Bonchev–Trinajstić information content (AvgIpc) is 3.03. The van der Waals surface area contributed by atoms with Gasteiger partial charge < -0.3 is 5.32 Å². The van der Waals surface area contributed by atoms with Crippen LogP contribution in [0.5, 0.6) is 0 Å². The fourth-order valence-electron chi connectivity index (χ4n) is 3.44. The average molecular weight is 358 g/mol. The smallest absolute Gasteiger partial charge is 0.233 e. The molecule has 1 unspecified atom stereocenters. The Morgan fingerprint density at radius 1 is 1.20 bits per heavy atom. The molecule has 1 atom stereocenters. The summed E-state index contributed by atoms with van der Waals surface area (Å²) >= 11 is 1.52. The molecule has 1 aromatic carbocycles. The number of nitrogens with one attached hydrogen (secondary N) is 1. The topological polar surface area (TPSA) is 46.9 Å². The first-order chi connectivity index (χ1) is 12.0. The summed E-state index contributed by atoms with van der Waals surface area (Å²) in [5.74, 6) is 0.117. The zero-order valence-corrected chi connectivity index (χ0v) is 16.1. The van der Waals surface area contributed by atoms with Gasteiger partial charge in [0.05, 0.1) is 5.25 Å². The van der Waals surface area contributed by atoms with E-state index in [2.05, 4.69) is 46.9 Å². The van der Waals surface area contributed by atoms with E-state index in [1.807, 2.05) is 13.1 Å². The standard InChI is InChI=1S/C20H27N3OS/c1-14-11-15(2)13-18(12-14)23-10-9-21-20(23)25-16(3)19(24)22-17-7-5-4-6-8-17/h9-13,16-17H,4-8H2,1-3H3,(H,22,24). The van der Waals surface area contributed by atoms with Gasteiger partial charge in [-0.3, -0.25) is 9.36 Å². The molecule has 1 amide bonds. The number of benzene rings is 1. The van der Waals surface area contributed by atoms with Gasteiger partial charge >= 0.3 is 0 Å². The van der Waals surface area contributed by atoms with Gasteiger partial charge in [-0.1, -0.05) is 37.1 Å². The Hall–Kier alpha value is -1.75. The van der Waals surface area contributed by atoms with Crippen molar-refractivity contribution in [3.8, 4) is 5.69 Å². The van der Waals surface area contributed by atoms with Gasteiger partial charge in [0, 0.05) is 24.1 Å². The van der Waals surface area contributed by atoms with E-state index in [0.717, 1.165) is 23.7 Å². The highest BCUT2D eigenvalue weighted by Gasteiger charge is 2.22. The van der Waals surface area contributed by atoms with Crippen LogP contribution in [0.3, 0.4) is 0 Å². The molecule has 1 fully saturated rings. The maximum Gasteiger partial charge on any atom is 0.233 e. The molecule has 0 radical (unpaired) electrons. The summed E-state index contributed by atoms with van der Waals surface area (Å²) in [6, 6.07) is 6.80. The molecule has 5 heteroatoms. The molecule has 1 N–H and O–H groups in total. The highest BCUT2D eigenvalue weighted by molar-refractivity contribution is 8.00. The van der Waals surface area contributed by atoms with Crippen molar-refractivity contribution in [2.75, 3.05) is 0 Å². The molecule has 1 saturated carbocycles. The van der Waals surface area contributed by atoms with Crippen molar-refractivity contribution in [3.05, 3.63) is 41.7 Å². The van der Waals surface area contributed by atoms with Crippen molar-refractivity contribution in [1.29, 1.82) is 0 Å². The molecule has 0 spiro atoms. The van der Waals surface area contributed by atoms with Crippen molar-refractivity contribution in [2.45, 2.75) is 69.3 Å². The van der Waals surface area contributed by atoms with Crippen LogP contribution in [0.4, 0.5) is 0 Å². The van der Waals surface area contributed by atoms with E-state index in [4.69, 9.17) is 0 Å². The Kier molecular flexibility index (Phi) is 5.84. The molecule has 4 nitrogen and oxygen atoms in total. The van der Waals surface area contributed by atoms with Crippen molar-refractivity contribution < 1.29 is 4.79 Å². The number of carbonyl (C=O) groups is 1. The number of hydrogen-bond acceptors (Lipinski definition) is 3. The third-order valence-electron chi connectivity index (χ3n) is 4.69. The highest BCUT2D eigenvalue weighted by atomic mass is 32.2. The van der Waals surface area contributed by atoms with Crippen LogP contribution in [0, 0.1) is 13.8 Å². The Balaban J connectivity index is 1.68. The summed E-state index contributed by atoms with van der Waals surface area (Å²) < 4.78 is 2.06. The van der Waals surface area contributed by atoms with Gasteiger partial charge in [-0.25, -0.2) is 4.98 Å². The van der Waals surface area contributed by atoms with Gasteiger partial charge in [0.1, 0.15) is 0 Å². The lowest BCUT2D eigenvalue weighted by molar-refractivity contribution is -0.121. The van der Waals surface area contributed by atoms with Crippen LogP contribution < -0.4 is 5.32 Å². The Bertz CT molecular complexity index is 714. The Morgan fingerprint density at radius 3 is 2.56 bits per heavy atom. The van der Waals surface area contributed by atoms with Crippen LogP contribution in [-0.4, -0.2) is 26.8 Å². The summed E-state index contributed by atoms with van der Waals surface area (Å²) in [6.07, 6.45) is 9.73. The lowest BCUT2D eigenvalue weighted by Crippen LogP contribution is -2.40. The molecule has 2 aromatic rings. The first-order valence-corrected chi connectivity index (χ1v) is 10.00. The number of amides is 1. The number of nitrogens with zero attached hydrogens (tertiary/aromatic N) is 2. The van der Waals surface area contributed by atoms with Crippen LogP contribution >= 0.6 is 11.8 Å². The van der Waals surface area contributed by atoms with E-state index in [1.165, 1.54) is 42.2 Å². The summed E-state index contributed by atoms with van der Waals surface area (Å²) in [5, 5.41) is 3.91. The number of hydrogen-bond donors (Lipinski definition) is 1. The Labute approximate surface area is 154 Å². The maximum atomic E-state index is 12.5. The molecule has 1 aliphatic rings. The number of aryl methyl sites for hydroxylation is 2. The quantitative estimate of drug-likeness (QED) is 0.806. The van der Waals surface area contributed by atoms with Crippen molar-refractivity contribution in [3.63, 3.8) is 0 Å². The second kappa shape index (κ2) is 8.09. The molecule has 1 aliphatic carbocycles. The summed E-state index contributed by atoms with van der Waals surface area (Å²) in [7, 11) is 0. The van der Waals surface area contributed by atoms with E-state index in [1.54, 1.807) is 6.20 Å². The van der Waals surface area contributed by atoms with Gasteiger partial charge in [-0.05, 0) is 56.9 Å². The molecule has 1 aromatic heterocycles. The lowest BCUT2D eigenvalue weighted by Gasteiger charge is -2.24. The highest BCUT2D eigenvalue weighted by Crippen LogP contribution is 2.26. The summed E-state index contributed by atoms with van der Waals surface area (Å²) in [4.78, 5) is 17.0. The van der Waals surface area contributed by atoms with Crippen molar-refractivity contribution in [2.24, 2.45) is 0 Å². The largest absolute Gasteiger partial charge is 0.352 e. The van der Waals surface area contributed by atoms with E-state index < -0.39 is 0 Å². The summed E-state index contributed by atoms with van der Waals surface area (Å²) in [5.41, 5.74) is 3.54. The van der Waals surface area contributed by atoms with E-state index in [0.29, 0.717) is 6.04 Å². The van der Waals surface area contributed by atoms with Crippen LogP contribution in [0.15, 0.2) is 35.7 Å². The fourth-order valence-corrected chi connectivity index (χ4v) is 4.33. The Morgan fingerprint density at radius 2 is 1.88 bits per heavy atom. The second-order valence-corrected chi connectivity index (χ2v) is 8.34. The first-order valence-electron chi connectivity index (χ1n) is 9.12. The third kappa shape index (κ3) is 4.66. The number of thioether (sulfide) groups is 1. The molecule has 25 heavy (non-hydrogen) atoms. The van der Waals surface area contributed by atoms with Crippen molar-refractivity contribution >= 4 is 17.7 Å². The monoisotopic (exact) mass is 357 g/mol. The fraction of sp³-hybridized carbons (Fsp3) is 0.500. The lowest BCUT2D eigenvalue weighted by atomic mass is 9.95. The molecule has 0 bridgehead atoms. The minimum absolute atomic E-state index is 0.117. The van der Waals surface area contributed by atoms with Gasteiger partial charge in [-0.2, -0.15) is 0 Å². The number of aromatic nitrogens is 2. The van der Waals surface area contributed by atoms with E-state index >= 15 is 0 Å². The SMILES string of the molecule is Cc1cc(C)cc(-n2ccnc2SC(C)C(=O)NC2CCCCC2)c1. The minimum Gasteiger partial charge on any atom is -0.352 e. The van der Waals surface area contributed by atoms with Gasteiger partial charge in [0.2, 0.25) is 5.91 Å². The predicted molar refractivity (Wildman–Crippen MR) is 103 cm³/mol. The van der Waals surface area contributed by atoms with E-state index in [-0.39, 0.29) is 11.2 Å². The molecule has 0 saturated heterocycles. The first kappa shape index (κ1) is 18.1. The van der Waals surface area contributed by atoms with Gasteiger partial charge in [0.25, 0.3) is 0 Å². The van der Waals surface area contributed by atoms with Gasteiger partial charge in [0.15, 0.2) is 5.16 Å².